The van der Waals surface area contributed by atoms with E-state index < -0.39 is 27.8 Å². The van der Waals surface area contributed by atoms with Crippen molar-refractivity contribution in [1.29, 1.82) is 0 Å². The maximum atomic E-state index is 12.5. The number of carboxylic acids is 1. The molecule has 0 radical (unpaired) electrons. The van der Waals surface area contributed by atoms with Crippen molar-refractivity contribution in [3.05, 3.63) is 11.2 Å². The van der Waals surface area contributed by atoms with Gasteiger partial charge >= 0.3 is 5.97 Å². The molecular weight excluding hydrogens is 304 g/mol. The van der Waals surface area contributed by atoms with E-state index in [9.17, 15) is 18.3 Å². The minimum atomic E-state index is -3.84. The molecule has 1 aromatic heterocycles. The Morgan fingerprint density at radius 3 is 2.80 bits per heavy atom. The number of aromatic carboxylic acids is 1. The normalized spacial score (nSPS) is 30.6. The van der Waals surface area contributed by atoms with Gasteiger partial charge in [-0.05, 0) is 18.8 Å². The summed E-state index contributed by atoms with van der Waals surface area (Å²) in [6.45, 7) is 0.603. The third-order valence-corrected chi connectivity index (χ3v) is 7.28. The highest BCUT2D eigenvalue weighted by Gasteiger charge is 2.46. The number of hydrogen-bond donors (Lipinski definition) is 2. The van der Waals surface area contributed by atoms with E-state index in [1.807, 2.05) is 0 Å². The Balaban J connectivity index is 1.90. The van der Waals surface area contributed by atoms with Crippen LogP contribution in [-0.2, 0) is 10.0 Å². The van der Waals surface area contributed by atoms with E-state index in [0.717, 1.165) is 17.8 Å². The van der Waals surface area contributed by atoms with Crippen molar-refractivity contribution in [3.63, 3.8) is 0 Å². The third kappa shape index (κ3) is 2.05. The van der Waals surface area contributed by atoms with Crippen molar-refractivity contribution < 1.29 is 23.4 Å². The maximum Gasteiger partial charge on any atom is 0.356 e. The van der Waals surface area contributed by atoms with Gasteiger partial charge in [0, 0.05) is 19.0 Å². The highest BCUT2D eigenvalue weighted by Crippen LogP contribution is 2.40. The number of aliphatic hydroxyl groups excluding tert-OH is 1. The van der Waals surface area contributed by atoms with E-state index in [1.165, 1.54) is 9.82 Å². The predicted octanol–water partition coefficient (Wildman–Crippen LogP) is 0.233. The zero-order valence-electron chi connectivity index (χ0n) is 10.5. The molecular formula is C11H14N2O5S2. The molecule has 0 spiro atoms. The lowest BCUT2D eigenvalue weighted by atomic mass is 10.00. The van der Waals surface area contributed by atoms with Crippen LogP contribution in [0.3, 0.4) is 0 Å². The summed E-state index contributed by atoms with van der Waals surface area (Å²) in [5, 5.41) is 18.8. The first-order chi connectivity index (χ1) is 9.41. The van der Waals surface area contributed by atoms with E-state index >= 15 is 0 Å². The summed E-state index contributed by atoms with van der Waals surface area (Å²) in [6, 6.07) is 0. The first-order valence-corrected chi connectivity index (χ1v) is 8.58. The Kier molecular flexibility index (Phi) is 3.32. The first kappa shape index (κ1) is 13.9. The van der Waals surface area contributed by atoms with Gasteiger partial charge in [-0.25, -0.2) is 18.2 Å². The predicted molar refractivity (Wildman–Crippen MR) is 70.1 cm³/mol. The van der Waals surface area contributed by atoms with Crippen molar-refractivity contribution in [1.82, 2.24) is 9.29 Å². The molecule has 7 nitrogen and oxygen atoms in total. The van der Waals surface area contributed by atoms with Gasteiger partial charge in [-0.1, -0.05) is 0 Å². The Labute approximate surface area is 119 Å². The van der Waals surface area contributed by atoms with Crippen LogP contribution in [0, 0.1) is 11.8 Å². The summed E-state index contributed by atoms with van der Waals surface area (Å²) < 4.78 is 26.1. The summed E-state index contributed by atoms with van der Waals surface area (Å²) in [7, 11) is -3.84. The Morgan fingerprint density at radius 1 is 1.40 bits per heavy atom. The van der Waals surface area contributed by atoms with Gasteiger partial charge in [0.15, 0.2) is 9.90 Å². The molecule has 0 amide bonds. The summed E-state index contributed by atoms with van der Waals surface area (Å²) >= 11 is 0.816. The molecule has 110 valence electrons. The molecule has 1 saturated carbocycles. The lowest BCUT2D eigenvalue weighted by Crippen LogP contribution is -2.31. The van der Waals surface area contributed by atoms with Crippen molar-refractivity contribution >= 4 is 27.3 Å². The number of aliphatic hydroxyl groups is 1. The molecule has 2 N–H and O–H groups in total. The van der Waals surface area contributed by atoms with E-state index in [-0.39, 0.29) is 22.6 Å². The molecule has 3 rings (SSSR count). The molecule has 1 aromatic rings. The van der Waals surface area contributed by atoms with Gasteiger partial charge in [0.05, 0.1) is 11.6 Å². The van der Waals surface area contributed by atoms with Crippen LogP contribution in [-0.4, -0.2) is 53.1 Å². The van der Waals surface area contributed by atoms with Gasteiger partial charge in [-0.15, -0.1) is 11.3 Å². The molecule has 2 aliphatic rings. The number of carbonyl (C=O) groups is 1. The fourth-order valence-corrected chi connectivity index (χ4v) is 5.88. The number of thiazole rings is 1. The van der Waals surface area contributed by atoms with Crippen LogP contribution in [0.1, 0.15) is 23.3 Å². The number of nitrogens with zero attached hydrogens (tertiary/aromatic N) is 2. The average Bonchev–Trinajstić information content (AvgIpc) is 3.06. The highest BCUT2D eigenvalue weighted by molar-refractivity contribution is 7.91. The second kappa shape index (κ2) is 4.76. The smallest absolute Gasteiger partial charge is 0.356 e. The van der Waals surface area contributed by atoms with Gasteiger partial charge in [0.25, 0.3) is 10.0 Å². The number of carboxylic acid groups (broad SMARTS) is 1. The van der Waals surface area contributed by atoms with Crippen LogP contribution in [0.2, 0.25) is 0 Å². The van der Waals surface area contributed by atoms with Gasteiger partial charge in [-0.3, -0.25) is 0 Å². The zero-order chi connectivity index (χ0) is 14.5. The molecule has 1 aliphatic heterocycles. The lowest BCUT2D eigenvalue weighted by molar-refractivity contribution is 0.0687. The summed E-state index contributed by atoms with van der Waals surface area (Å²) in [5.74, 6) is -1.21. The van der Waals surface area contributed by atoms with Crippen LogP contribution in [0.4, 0.5) is 0 Å². The van der Waals surface area contributed by atoms with Gasteiger partial charge in [0.1, 0.15) is 0 Å². The SMILES string of the molecule is O=C(O)c1ncsc1S(=O)(=O)N1CC2CCC(O)C2C1. The fourth-order valence-electron chi connectivity index (χ4n) is 3.07. The molecule has 9 heteroatoms. The monoisotopic (exact) mass is 318 g/mol. The standard InChI is InChI=1S/C11H14N2O5S2/c14-8-2-1-6-3-13(4-7(6)8)20(17,18)11-9(10(15)16)12-5-19-11/h5-8,14H,1-4H2,(H,15,16). The minimum Gasteiger partial charge on any atom is -0.476 e. The molecule has 2 fully saturated rings. The molecule has 3 unspecified atom stereocenters. The third-order valence-electron chi connectivity index (χ3n) is 4.10. The van der Waals surface area contributed by atoms with Crippen LogP contribution in [0.25, 0.3) is 0 Å². The Morgan fingerprint density at radius 2 is 2.15 bits per heavy atom. The van der Waals surface area contributed by atoms with Crippen molar-refractivity contribution in [3.8, 4) is 0 Å². The fraction of sp³-hybridized carbons (Fsp3) is 0.636. The van der Waals surface area contributed by atoms with Crippen LogP contribution in [0.5, 0.6) is 0 Å². The molecule has 0 bridgehead atoms. The molecule has 2 heterocycles. The van der Waals surface area contributed by atoms with Gasteiger partial charge < -0.3 is 10.2 Å². The van der Waals surface area contributed by atoms with E-state index in [1.54, 1.807) is 0 Å². The number of fused-ring (bicyclic) bond motifs is 1. The zero-order valence-corrected chi connectivity index (χ0v) is 12.1. The Hall–Kier alpha value is -1.03. The summed E-state index contributed by atoms with van der Waals surface area (Å²) in [5.41, 5.74) is 0.801. The summed E-state index contributed by atoms with van der Waals surface area (Å²) in [4.78, 5) is 14.6. The molecule has 1 saturated heterocycles. The van der Waals surface area contributed by atoms with Crippen LogP contribution >= 0.6 is 11.3 Å². The molecule has 1 aliphatic carbocycles. The van der Waals surface area contributed by atoms with Gasteiger partial charge in [0.2, 0.25) is 0 Å². The highest BCUT2D eigenvalue weighted by atomic mass is 32.2. The van der Waals surface area contributed by atoms with E-state index in [4.69, 9.17) is 5.11 Å². The number of sulfonamides is 1. The number of hydrogen-bond acceptors (Lipinski definition) is 6. The topological polar surface area (TPSA) is 108 Å². The quantitative estimate of drug-likeness (QED) is 0.826. The first-order valence-electron chi connectivity index (χ1n) is 6.26. The largest absolute Gasteiger partial charge is 0.476 e. The summed E-state index contributed by atoms with van der Waals surface area (Å²) in [6.07, 6.45) is 1.07. The van der Waals surface area contributed by atoms with Crippen molar-refractivity contribution in [2.45, 2.75) is 23.2 Å². The van der Waals surface area contributed by atoms with Crippen LogP contribution in [0.15, 0.2) is 9.72 Å². The minimum absolute atomic E-state index is 0.0361. The maximum absolute atomic E-state index is 12.5. The molecule has 3 atom stereocenters. The second-order valence-corrected chi connectivity index (χ2v) is 8.17. The lowest BCUT2D eigenvalue weighted by Gasteiger charge is -2.17. The van der Waals surface area contributed by atoms with E-state index in [2.05, 4.69) is 4.98 Å². The number of aromatic nitrogens is 1. The van der Waals surface area contributed by atoms with Gasteiger partial charge in [-0.2, -0.15) is 4.31 Å². The second-order valence-electron chi connectivity index (χ2n) is 5.18. The Bertz CT molecular complexity index is 641. The van der Waals surface area contributed by atoms with Crippen LogP contribution < -0.4 is 0 Å². The molecule has 20 heavy (non-hydrogen) atoms. The van der Waals surface area contributed by atoms with E-state index in [0.29, 0.717) is 13.0 Å². The van der Waals surface area contributed by atoms with Crippen molar-refractivity contribution in [2.75, 3.05) is 13.1 Å². The van der Waals surface area contributed by atoms with Crippen molar-refractivity contribution in [2.24, 2.45) is 11.8 Å². The average molecular weight is 318 g/mol. The number of rotatable bonds is 3. The molecule has 0 aromatic carbocycles.